The van der Waals surface area contributed by atoms with Gasteiger partial charge in [-0.2, -0.15) is 26.3 Å². The van der Waals surface area contributed by atoms with Crippen LogP contribution in [0.2, 0.25) is 0 Å². The minimum absolute atomic E-state index is 0.328. The molecule has 24 heavy (non-hydrogen) atoms. The third kappa shape index (κ3) is 5.01. The Balaban J connectivity index is 2.08. The number of hydrogen-bond acceptors (Lipinski definition) is 3. The Morgan fingerprint density at radius 2 is 1.08 bits per heavy atom. The quantitative estimate of drug-likeness (QED) is 0.579. The van der Waals surface area contributed by atoms with Crippen molar-refractivity contribution in [1.82, 2.24) is 0 Å². The van der Waals surface area contributed by atoms with Gasteiger partial charge in [-0.1, -0.05) is 12.1 Å². The molecule has 0 spiro atoms. The highest BCUT2D eigenvalue weighted by Gasteiger charge is 2.32. The summed E-state index contributed by atoms with van der Waals surface area (Å²) >= 11 is 0. The fourth-order valence-corrected chi connectivity index (χ4v) is 2.28. The molecule has 0 unspecified atom stereocenters. The van der Waals surface area contributed by atoms with Crippen LogP contribution in [0.3, 0.4) is 0 Å². The summed E-state index contributed by atoms with van der Waals surface area (Å²) in [6.45, 7) is 0. The summed E-state index contributed by atoms with van der Waals surface area (Å²) in [4.78, 5) is 9.60. The van der Waals surface area contributed by atoms with E-state index in [0.29, 0.717) is 12.1 Å². The first kappa shape index (κ1) is 18.4. The van der Waals surface area contributed by atoms with Gasteiger partial charge in [-0.05, 0) is 36.4 Å². The molecular weight excluding hydrogens is 361 g/mol. The Hall–Kier alpha value is -1.99. The Bertz CT molecular complexity index is 642. The summed E-state index contributed by atoms with van der Waals surface area (Å²) in [7, 11) is -2.76. The van der Waals surface area contributed by atoms with Crippen LogP contribution in [0.5, 0.6) is 11.5 Å². The molecule has 0 saturated heterocycles. The van der Waals surface area contributed by atoms with Crippen molar-refractivity contribution in [2.75, 3.05) is 0 Å². The van der Waals surface area contributed by atoms with E-state index in [1.165, 1.54) is 0 Å². The van der Waals surface area contributed by atoms with Gasteiger partial charge in [0.05, 0.1) is 11.1 Å². The van der Waals surface area contributed by atoms with Crippen LogP contribution in [0.15, 0.2) is 48.5 Å². The molecule has 3 nitrogen and oxygen atoms in total. The number of benzene rings is 2. The van der Waals surface area contributed by atoms with Crippen LogP contribution in [0, 0.1) is 0 Å². The lowest BCUT2D eigenvalue weighted by atomic mass is 10.2. The molecule has 0 aliphatic carbocycles. The van der Waals surface area contributed by atoms with Gasteiger partial charge in [0.2, 0.25) is 0 Å². The van der Waals surface area contributed by atoms with Gasteiger partial charge >= 0.3 is 21.0 Å². The zero-order valence-corrected chi connectivity index (χ0v) is 12.5. The molecule has 0 saturated carbocycles. The van der Waals surface area contributed by atoms with Crippen molar-refractivity contribution >= 4 is 8.60 Å². The maximum absolute atomic E-state index is 12.6. The molecule has 0 bridgehead atoms. The van der Waals surface area contributed by atoms with E-state index in [9.17, 15) is 31.2 Å². The molecule has 10 heteroatoms. The Morgan fingerprint density at radius 1 is 0.708 bits per heavy atom. The summed E-state index contributed by atoms with van der Waals surface area (Å²) < 4.78 is 84.9. The van der Waals surface area contributed by atoms with Crippen LogP contribution in [0.4, 0.5) is 26.3 Å². The van der Waals surface area contributed by atoms with Gasteiger partial charge in [0.15, 0.2) is 0 Å². The summed E-state index contributed by atoms with van der Waals surface area (Å²) in [6.07, 6.45) is -9.20. The Morgan fingerprint density at radius 3 is 1.42 bits per heavy atom. The van der Waals surface area contributed by atoms with E-state index in [2.05, 4.69) is 0 Å². The third-order valence-corrected chi connectivity index (χ3v) is 3.42. The van der Waals surface area contributed by atoms with E-state index in [0.717, 1.165) is 36.4 Å². The lowest BCUT2D eigenvalue weighted by Crippen LogP contribution is -2.05. The van der Waals surface area contributed by atoms with Crippen molar-refractivity contribution in [1.29, 1.82) is 0 Å². The van der Waals surface area contributed by atoms with Crippen molar-refractivity contribution in [3.05, 3.63) is 59.7 Å². The minimum atomic E-state index is -4.60. The molecule has 0 aromatic heterocycles. The number of halogens is 6. The average molecular weight is 370 g/mol. The molecular formula is C14H9F6O3P. The molecule has 130 valence electrons. The SMILES string of the molecule is OP(Oc1cccc(C(F)(F)F)c1)Oc1cccc(C(F)(F)F)c1. The van der Waals surface area contributed by atoms with E-state index >= 15 is 0 Å². The van der Waals surface area contributed by atoms with Gasteiger partial charge in [0.1, 0.15) is 11.5 Å². The molecule has 0 radical (unpaired) electrons. The van der Waals surface area contributed by atoms with Gasteiger partial charge < -0.3 is 13.9 Å². The molecule has 0 fully saturated rings. The molecule has 0 amide bonds. The van der Waals surface area contributed by atoms with Crippen molar-refractivity contribution in [2.45, 2.75) is 12.4 Å². The topological polar surface area (TPSA) is 38.7 Å². The normalized spacial score (nSPS) is 12.3. The molecule has 2 rings (SSSR count). The molecule has 0 aliphatic rings. The number of rotatable bonds is 4. The van der Waals surface area contributed by atoms with Crippen LogP contribution in [0.1, 0.15) is 11.1 Å². The van der Waals surface area contributed by atoms with Crippen molar-refractivity contribution < 1.29 is 40.3 Å². The highest BCUT2D eigenvalue weighted by molar-refractivity contribution is 7.41. The summed E-state index contributed by atoms with van der Waals surface area (Å²) in [5.41, 5.74) is -2.00. The zero-order valence-electron chi connectivity index (χ0n) is 11.6. The lowest BCUT2D eigenvalue weighted by Gasteiger charge is -2.14. The van der Waals surface area contributed by atoms with Crippen LogP contribution in [0.25, 0.3) is 0 Å². The van der Waals surface area contributed by atoms with Crippen LogP contribution < -0.4 is 9.05 Å². The molecule has 1 N–H and O–H groups in total. The van der Waals surface area contributed by atoms with Crippen LogP contribution in [-0.4, -0.2) is 4.89 Å². The third-order valence-electron chi connectivity index (χ3n) is 2.69. The largest absolute Gasteiger partial charge is 0.460 e. The van der Waals surface area contributed by atoms with Crippen molar-refractivity contribution in [3.8, 4) is 11.5 Å². The smallest absolute Gasteiger partial charge is 0.418 e. The van der Waals surface area contributed by atoms with Crippen molar-refractivity contribution in [2.24, 2.45) is 0 Å². The first-order valence-corrected chi connectivity index (χ1v) is 7.38. The highest BCUT2D eigenvalue weighted by atomic mass is 31.2. The predicted octanol–water partition coefficient (Wildman–Crippen LogP) is 5.40. The second kappa shape index (κ2) is 6.86. The fourth-order valence-electron chi connectivity index (χ4n) is 1.66. The maximum atomic E-state index is 12.6. The maximum Gasteiger partial charge on any atom is 0.460 e. The van der Waals surface area contributed by atoms with E-state index in [4.69, 9.17) is 9.05 Å². The zero-order chi connectivity index (χ0) is 18.0. The van der Waals surface area contributed by atoms with Crippen LogP contribution in [-0.2, 0) is 12.4 Å². The standard InChI is InChI=1S/C14H9F6O3P/c15-13(16,17)9-3-1-5-11(7-9)22-24(21)23-12-6-2-4-10(8-12)14(18,19)20/h1-8,21H. The van der Waals surface area contributed by atoms with E-state index < -0.39 is 32.1 Å². The van der Waals surface area contributed by atoms with E-state index in [-0.39, 0.29) is 11.5 Å². The Labute approximate surface area is 133 Å². The van der Waals surface area contributed by atoms with E-state index in [1.807, 2.05) is 0 Å². The summed E-state index contributed by atoms with van der Waals surface area (Å²) in [5, 5.41) is 0. The minimum Gasteiger partial charge on any atom is -0.418 e. The second-order valence-corrected chi connectivity index (χ2v) is 5.31. The first-order valence-electron chi connectivity index (χ1n) is 6.25. The molecule has 0 aliphatic heterocycles. The second-order valence-electron chi connectivity index (χ2n) is 4.47. The summed E-state index contributed by atoms with van der Waals surface area (Å²) in [5.74, 6) is -0.657. The lowest BCUT2D eigenvalue weighted by molar-refractivity contribution is -0.138. The monoisotopic (exact) mass is 370 g/mol. The molecule has 0 heterocycles. The van der Waals surface area contributed by atoms with Gasteiger partial charge in [0, 0.05) is 0 Å². The predicted molar refractivity (Wildman–Crippen MR) is 73.3 cm³/mol. The van der Waals surface area contributed by atoms with Gasteiger partial charge in [-0.3, -0.25) is 0 Å². The molecule has 2 aromatic rings. The van der Waals surface area contributed by atoms with Crippen molar-refractivity contribution in [3.63, 3.8) is 0 Å². The molecule has 0 atom stereocenters. The summed E-state index contributed by atoms with van der Waals surface area (Å²) in [6, 6.07) is 7.31. The number of hydrogen-bond donors (Lipinski definition) is 1. The molecule has 2 aromatic carbocycles. The van der Waals surface area contributed by atoms with Crippen LogP contribution >= 0.6 is 8.60 Å². The van der Waals surface area contributed by atoms with Gasteiger partial charge in [0.25, 0.3) is 0 Å². The van der Waals surface area contributed by atoms with Gasteiger partial charge in [-0.15, -0.1) is 0 Å². The average Bonchev–Trinajstić information content (AvgIpc) is 2.46. The highest BCUT2D eigenvalue weighted by Crippen LogP contribution is 2.40. The number of alkyl halides is 6. The fraction of sp³-hybridized carbons (Fsp3) is 0.143. The Kier molecular flexibility index (Phi) is 5.25. The van der Waals surface area contributed by atoms with E-state index in [1.54, 1.807) is 0 Å². The van der Waals surface area contributed by atoms with Gasteiger partial charge in [-0.25, -0.2) is 0 Å². The first-order chi connectivity index (χ1) is 11.1.